The van der Waals surface area contributed by atoms with Crippen LogP contribution in [0.3, 0.4) is 0 Å². The Morgan fingerprint density at radius 3 is 2.52 bits per heavy atom. The van der Waals surface area contributed by atoms with Gasteiger partial charge in [-0.2, -0.15) is 0 Å². The molecule has 0 aliphatic rings. The maximum absolute atomic E-state index is 12.4. The number of hydrogen-bond acceptors (Lipinski definition) is 3. The SMILES string of the molecule is CCNc1ccc(C(=O)N(C)Cc2cccc(C)n2)cc1. The summed E-state index contributed by atoms with van der Waals surface area (Å²) in [5, 5.41) is 3.21. The Morgan fingerprint density at radius 1 is 1.19 bits per heavy atom. The fourth-order valence-corrected chi connectivity index (χ4v) is 2.16. The molecule has 0 aliphatic carbocycles. The molecular formula is C17H21N3O. The van der Waals surface area contributed by atoms with Crippen LogP contribution in [0.2, 0.25) is 0 Å². The van der Waals surface area contributed by atoms with Crippen molar-refractivity contribution in [3.63, 3.8) is 0 Å². The number of nitrogens with one attached hydrogen (secondary N) is 1. The van der Waals surface area contributed by atoms with Crippen molar-refractivity contribution in [3.05, 3.63) is 59.4 Å². The van der Waals surface area contributed by atoms with Gasteiger partial charge in [0.25, 0.3) is 5.91 Å². The van der Waals surface area contributed by atoms with Gasteiger partial charge in [0.15, 0.2) is 0 Å². The Hall–Kier alpha value is -2.36. The van der Waals surface area contributed by atoms with Gasteiger partial charge in [0.1, 0.15) is 0 Å². The van der Waals surface area contributed by atoms with Gasteiger partial charge in [-0.25, -0.2) is 0 Å². The molecule has 2 aromatic rings. The first kappa shape index (κ1) is 15.0. The van der Waals surface area contributed by atoms with E-state index in [4.69, 9.17) is 0 Å². The topological polar surface area (TPSA) is 45.2 Å². The van der Waals surface area contributed by atoms with Crippen molar-refractivity contribution >= 4 is 11.6 Å². The monoisotopic (exact) mass is 283 g/mol. The van der Waals surface area contributed by atoms with Gasteiger partial charge in [0.2, 0.25) is 0 Å². The molecule has 0 saturated heterocycles. The van der Waals surface area contributed by atoms with E-state index >= 15 is 0 Å². The molecule has 0 aliphatic heterocycles. The standard InChI is InChI=1S/C17H21N3O/c1-4-18-15-10-8-14(9-11-15)17(21)20(3)12-16-7-5-6-13(2)19-16/h5-11,18H,4,12H2,1-3H3. The average Bonchev–Trinajstić information content (AvgIpc) is 2.47. The average molecular weight is 283 g/mol. The second kappa shape index (κ2) is 6.88. The summed E-state index contributed by atoms with van der Waals surface area (Å²) >= 11 is 0. The number of nitrogens with zero attached hydrogens (tertiary/aromatic N) is 2. The Morgan fingerprint density at radius 2 is 1.90 bits per heavy atom. The van der Waals surface area contributed by atoms with Gasteiger partial charge in [-0.15, -0.1) is 0 Å². The quantitative estimate of drug-likeness (QED) is 0.917. The van der Waals surface area contributed by atoms with Crippen LogP contribution in [-0.4, -0.2) is 29.4 Å². The Bertz CT molecular complexity index is 608. The van der Waals surface area contributed by atoms with E-state index in [9.17, 15) is 4.79 Å². The molecule has 0 radical (unpaired) electrons. The first-order valence-electron chi connectivity index (χ1n) is 7.12. The highest BCUT2D eigenvalue weighted by Gasteiger charge is 2.12. The normalized spacial score (nSPS) is 10.2. The number of anilines is 1. The summed E-state index contributed by atoms with van der Waals surface area (Å²) < 4.78 is 0. The molecule has 2 rings (SSSR count). The molecule has 0 atom stereocenters. The van der Waals surface area contributed by atoms with Gasteiger partial charge in [-0.1, -0.05) is 6.07 Å². The minimum absolute atomic E-state index is 0.00125. The third-order valence-electron chi connectivity index (χ3n) is 3.20. The van der Waals surface area contributed by atoms with Crippen LogP contribution < -0.4 is 5.32 Å². The summed E-state index contributed by atoms with van der Waals surface area (Å²) in [6.45, 7) is 5.37. The maximum atomic E-state index is 12.4. The lowest BCUT2D eigenvalue weighted by atomic mass is 10.1. The lowest BCUT2D eigenvalue weighted by Gasteiger charge is -2.17. The third-order valence-corrected chi connectivity index (χ3v) is 3.20. The summed E-state index contributed by atoms with van der Waals surface area (Å²) in [7, 11) is 1.80. The summed E-state index contributed by atoms with van der Waals surface area (Å²) in [6, 6.07) is 13.4. The summed E-state index contributed by atoms with van der Waals surface area (Å²) in [5.41, 5.74) is 3.57. The lowest BCUT2D eigenvalue weighted by molar-refractivity contribution is 0.0783. The van der Waals surface area contributed by atoms with Crippen molar-refractivity contribution < 1.29 is 4.79 Å². The molecular weight excluding hydrogens is 262 g/mol. The first-order chi connectivity index (χ1) is 10.1. The van der Waals surface area contributed by atoms with Crippen LogP contribution in [0.4, 0.5) is 5.69 Å². The van der Waals surface area contributed by atoms with E-state index in [2.05, 4.69) is 10.3 Å². The minimum atomic E-state index is 0.00125. The second-order valence-corrected chi connectivity index (χ2v) is 5.04. The molecule has 0 bridgehead atoms. The predicted molar refractivity (Wildman–Crippen MR) is 85.4 cm³/mol. The Balaban J connectivity index is 2.04. The van der Waals surface area contributed by atoms with E-state index in [0.717, 1.165) is 23.6 Å². The molecule has 1 heterocycles. The second-order valence-electron chi connectivity index (χ2n) is 5.04. The van der Waals surface area contributed by atoms with Crippen molar-refractivity contribution in [2.24, 2.45) is 0 Å². The molecule has 1 N–H and O–H groups in total. The van der Waals surface area contributed by atoms with Crippen LogP contribution in [0, 0.1) is 6.92 Å². The van der Waals surface area contributed by atoms with E-state index < -0.39 is 0 Å². The number of carbonyl (C=O) groups excluding carboxylic acids is 1. The van der Waals surface area contributed by atoms with Gasteiger partial charge in [-0.3, -0.25) is 9.78 Å². The molecule has 4 nitrogen and oxygen atoms in total. The number of benzene rings is 1. The Labute approximate surface area is 125 Å². The van der Waals surface area contributed by atoms with Crippen molar-refractivity contribution in [1.82, 2.24) is 9.88 Å². The molecule has 0 spiro atoms. The van der Waals surface area contributed by atoms with E-state index in [1.807, 2.05) is 56.3 Å². The number of pyridine rings is 1. The Kier molecular flexibility index (Phi) is 4.93. The molecule has 1 amide bonds. The minimum Gasteiger partial charge on any atom is -0.385 e. The molecule has 0 saturated carbocycles. The number of rotatable bonds is 5. The van der Waals surface area contributed by atoms with Gasteiger partial charge in [0.05, 0.1) is 12.2 Å². The highest BCUT2D eigenvalue weighted by atomic mass is 16.2. The smallest absolute Gasteiger partial charge is 0.253 e. The van der Waals surface area contributed by atoms with Crippen LogP contribution in [-0.2, 0) is 6.54 Å². The zero-order valence-corrected chi connectivity index (χ0v) is 12.8. The number of hydrogen-bond donors (Lipinski definition) is 1. The van der Waals surface area contributed by atoms with Gasteiger partial charge in [0, 0.05) is 30.5 Å². The molecule has 21 heavy (non-hydrogen) atoms. The number of carbonyl (C=O) groups is 1. The van der Waals surface area contributed by atoms with Gasteiger partial charge < -0.3 is 10.2 Å². The maximum Gasteiger partial charge on any atom is 0.253 e. The highest BCUT2D eigenvalue weighted by molar-refractivity contribution is 5.94. The zero-order valence-electron chi connectivity index (χ0n) is 12.8. The molecule has 0 fully saturated rings. The van der Waals surface area contributed by atoms with E-state index in [1.54, 1.807) is 11.9 Å². The van der Waals surface area contributed by atoms with E-state index in [0.29, 0.717) is 12.1 Å². The zero-order chi connectivity index (χ0) is 15.2. The molecule has 110 valence electrons. The van der Waals surface area contributed by atoms with E-state index in [-0.39, 0.29) is 5.91 Å². The molecule has 0 unspecified atom stereocenters. The van der Waals surface area contributed by atoms with Crippen molar-refractivity contribution in [2.75, 3.05) is 18.9 Å². The molecule has 1 aromatic heterocycles. The summed E-state index contributed by atoms with van der Waals surface area (Å²) in [4.78, 5) is 18.5. The van der Waals surface area contributed by atoms with Crippen LogP contribution in [0.5, 0.6) is 0 Å². The van der Waals surface area contributed by atoms with Crippen molar-refractivity contribution in [1.29, 1.82) is 0 Å². The molecule has 1 aromatic carbocycles. The van der Waals surface area contributed by atoms with Crippen molar-refractivity contribution in [3.8, 4) is 0 Å². The van der Waals surface area contributed by atoms with Gasteiger partial charge >= 0.3 is 0 Å². The van der Waals surface area contributed by atoms with Crippen LogP contribution in [0.15, 0.2) is 42.5 Å². The number of aromatic nitrogens is 1. The first-order valence-corrected chi connectivity index (χ1v) is 7.12. The predicted octanol–water partition coefficient (Wildman–Crippen LogP) is 3.09. The summed E-state index contributed by atoms with van der Waals surface area (Å²) in [6.07, 6.45) is 0. The summed E-state index contributed by atoms with van der Waals surface area (Å²) in [5.74, 6) is 0.00125. The van der Waals surface area contributed by atoms with Crippen LogP contribution in [0.25, 0.3) is 0 Å². The van der Waals surface area contributed by atoms with Crippen LogP contribution >= 0.6 is 0 Å². The van der Waals surface area contributed by atoms with Gasteiger partial charge in [-0.05, 0) is 50.2 Å². The number of aryl methyl sites for hydroxylation is 1. The lowest BCUT2D eigenvalue weighted by Crippen LogP contribution is -2.26. The largest absolute Gasteiger partial charge is 0.385 e. The van der Waals surface area contributed by atoms with E-state index in [1.165, 1.54) is 0 Å². The third kappa shape index (κ3) is 4.05. The fraction of sp³-hybridized carbons (Fsp3) is 0.294. The highest BCUT2D eigenvalue weighted by Crippen LogP contribution is 2.12. The van der Waals surface area contributed by atoms with Crippen molar-refractivity contribution in [2.45, 2.75) is 20.4 Å². The number of amides is 1. The van der Waals surface area contributed by atoms with Crippen LogP contribution in [0.1, 0.15) is 28.7 Å². The molecule has 4 heteroatoms. The fourth-order valence-electron chi connectivity index (χ4n) is 2.16.